The molecule has 4 fully saturated rings. The third-order valence-corrected chi connectivity index (χ3v) is 7.42. The predicted molar refractivity (Wildman–Crippen MR) is 106 cm³/mol. The van der Waals surface area contributed by atoms with Gasteiger partial charge in [0.25, 0.3) is 5.22 Å². The summed E-state index contributed by atoms with van der Waals surface area (Å²) in [5, 5.41) is 12.0. The highest BCUT2D eigenvalue weighted by Crippen LogP contribution is 2.60. The number of ether oxygens (including phenoxy) is 1. The third kappa shape index (κ3) is 3.30. The molecule has 148 valence electrons. The van der Waals surface area contributed by atoms with Crippen molar-refractivity contribution in [2.24, 2.45) is 17.8 Å². The fraction of sp³-hybridized carbons (Fsp3) is 0.571. The predicted octanol–water partition coefficient (Wildman–Crippen LogP) is 4.28. The number of carbonyl (C=O) groups is 1. The summed E-state index contributed by atoms with van der Waals surface area (Å²) in [6.07, 6.45) is 7.74. The number of aromatic nitrogens is 2. The van der Waals surface area contributed by atoms with E-state index in [1.807, 2.05) is 24.3 Å². The fourth-order valence-electron chi connectivity index (χ4n) is 5.92. The first-order valence-corrected chi connectivity index (χ1v) is 11.0. The molecule has 4 saturated carbocycles. The van der Waals surface area contributed by atoms with Crippen molar-refractivity contribution >= 4 is 23.4 Å². The van der Waals surface area contributed by atoms with Crippen molar-refractivity contribution < 1.29 is 13.9 Å². The van der Waals surface area contributed by atoms with Crippen molar-refractivity contribution in [1.82, 2.24) is 10.2 Å². The number of benzene rings is 1. The van der Waals surface area contributed by atoms with Gasteiger partial charge in [0, 0.05) is 5.41 Å². The Morgan fingerprint density at radius 3 is 2.54 bits per heavy atom. The number of amides is 1. The van der Waals surface area contributed by atoms with E-state index in [1.54, 1.807) is 7.11 Å². The van der Waals surface area contributed by atoms with Crippen molar-refractivity contribution in [1.29, 1.82) is 0 Å². The van der Waals surface area contributed by atoms with Crippen molar-refractivity contribution in [2.75, 3.05) is 18.2 Å². The number of hydrogen-bond acceptors (Lipinski definition) is 6. The Bertz CT molecular complexity index is 846. The second kappa shape index (κ2) is 7.10. The highest BCUT2D eigenvalue weighted by molar-refractivity contribution is 7.99. The fourth-order valence-corrected chi connectivity index (χ4v) is 6.48. The van der Waals surface area contributed by atoms with E-state index < -0.39 is 0 Å². The highest BCUT2D eigenvalue weighted by atomic mass is 32.2. The van der Waals surface area contributed by atoms with Crippen LogP contribution in [0.3, 0.4) is 0 Å². The topological polar surface area (TPSA) is 77.2 Å². The maximum absolute atomic E-state index is 12.3. The minimum absolute atomic E-state index is 0.0974. The van der Waals surface area contributed by atoms with Gasteiger partial charge in [-0.15, -0.1) is 10.2 Å². The van der Waals surface area contributed by atoms with Crippen molar-refractivity contribution in [3.05, 3.63) is 30.2 Å². The van der Waals surface area contributed by atoms with Gasteiger partial charge in [0.1, 0.15) is 5.75 Å². The summed E-state index contributed by atoms with van der Waals surface area (Å²) in [6, 6.07) is 7.37. The molecule has 0 radical (unpaired) electrons. The minimum Gasteiger partial charge on any atom is -0.495 e. The molecule has 1 N–H and O–H groups in total. The van der Waals surface area contributed by atoms with Gasteiger partial charge in [-0.25, -0.2) is 0 Å². The zero-order valence-electron chi connectivity index (χ0n) is 16.0. The van der Waals surface area contributed by atoms with Crippen LogP contribution < -0.4 is 10.1 Å². The molecule has 0 unspecified atom stereocenters. The van der Waals surface area contributed by atoms with Crippen LogP contribution in [0.1, 0.15) is 44.4 Å². The van der Waals surface area contributed by atoms with E-state index in [9.17, 15) is 4.79 Å². The summed E-state index contributed by atoms with van der Waals surface area (Å²) < 4.78 is 11.3. The molecule has 4 aliphatic carbocycles. The van der Waals surface area contributed by atoms with Crippen molar-refractivity contribution in [2.45, 2.75) is 49.2 Å². The van der Waals surface area contributed by atoms with Crippen LogP contribution in [-0.4, -0.2) is 29.0 Å². The molecular formula is C21H25N3O3S. The number of methoxy groups -OCH3 is 1. The molecular weight excluding hydrogens is 374 g/mol. The van der Waals surface area contributed by atoms with Gasteiger partial charge >= 0.3 is 0 Å². The summed E-state index contributed by atoms with van der Waals surface area (Å²) >= 11 is 1.29. The van der Waals surface area contributed by atoms with E-state index in [0.29, 0.717) is 16.7 Å². The summed E-state index contributed by atoms with van der Waals surface area (Å²) in [5.74, 6) is 4.05. The lowest BCUT2D eigenvalue weighted by Gasteiger charge is -2.55. The Kier molecular flexibility index (Phi) is 4.57. The van der Waals surface area contributed by atoms with Crippen LogP contribution in [0.4, 0.5) is 5.69 Å². The summed E-state index contributed by atoms with van der Waals surface area (Å²) in [7, 11) is 1.59. The van der Waals surface area contributed by atoms with E-state index in [0.717, 1.165) is 23.6 Å². The number of carbonyl (C=O) groups excluding carboxylic acids is 1. The molecule has 1 heterocycles. The molecule has 4 bridgehead atoms. The number of hydrogen-bond donors (Lipinski definition) is 1. The largest absolute Gasteiger partial charge is 0.495 e. The van der Waals surface area contributed by atoms with E-state index in [-0.39, 0.29) is 17.1 Å². The Balaban J connectivity index is 1.22. The van der Waals surface area contributed by atoms with Crippen LogP contribution in [-0.2, 0) is 10.2 Å². The number of anilines is 1. The lowest BCUT2D eigenvalue weighted by molar-refractivity contribution is -0.113. The maximum Gasteiger partial charge on any atom is 0.277 e. The van der Waals surface area contributed by atoms with E-state index in [1.165, 1.54) is 50.3 Å². The van der Waals surface area contributed by atoms with Gasteiger partial charge in [0.05, 0.1) is 18.6 Å². The molecule has 6 nitrogen and oxygen atoms in total. The van der Waals surface area contributed by atoms with E-state index in [4.69, 9.17) is 9.15 Å². The zero-order valence-corrected chi connectivity index (χ0v) is 16.8. The van der Waals surface area contributed by atoms with Crippen LogP contribution in [0.5, 0.6) is 5.75 Å². The molecule has 4 aliphatic rings. The molecule has 6 rings (SSSR count). The number of nitrogens with zero attached hydrogens (tertiary/aromatic N) is 2. The second-order valence-electron chi connectivity index (χ2n) is 8.61. The van der Waals surface area contributed by atoms with Gasteiger partial charge in [-0.1, -0.05) is 23.9 Å². The second-order valence-corrected chi connectivity index (χ2v) is 9.53. The Labute approximate surface area is 168 Å². The van der Waals surface area contributed by atoms with Crippen LogP contribution in [0.15, 0.2) is 33.9 Å². The summed E-state index contributed by atoms with van der Waals surface area (Å²) in [4.78, 5) is 12.3. The van der Waals surface area contributed by atoms with E-state index >= 15 is 0 Å². The lowest BCUT2D eigenvalue weighted by atomic mass is 9.49. The Morgan fingerprint density at radius 2 is 1.86 bits per heavy atom. The van der Waals surface area contributed by atoms with Crippen LogP contribution in [0.25, 0.3) is 0 Å². The average molecular weight is 400 g/mol. The molecule has 0 spiro atoms. The van der Waals surface area contributed by atoms with Crippen LogP contribution in [0.2, 0.25) is 0 Å². The van der Waals surface area contributed by atoms with Gasteiger partial charge in [-0.3, -0.25) is 4.79 Å². The normalized spacial score (nSPS) is 30.4. The van der Waals surface area contributed by atoms with Gasteiger partial charge in [0.15, 0.2) is 0 Å². The zero-order chi connectivity index (χ0) is 19.1. The van der Waals surface area contributed by atoms with Gasteiger partial charge in [-0.2, -0.15) is 0 Å². The molecule has 7 heteroatoms. The van der Waals surface area contributed by atoms with Crippen LogP contribution in [0, 0.1) is 17.8 Å². The molecule has 1 amide bonds. The summed E-state index contributed by atoms with van der Waals surface area (Å²) in [5.41, 5.74) is 0.760. The smallest absolute Gasteiger partial charge is 0.277 e. The molecule has 0 saturated heterocycles. The van der Waals surface area contributed by atoms with Crippen LogP contribution >= 0.6 is 11.8 Å². The van der Waals surface area contributed by atoms with Gasteiger partial charge in [-0.05, 0) is 68.4 Å². The monoisotopic (exact) mass is 399 g/mol. The Hall–Kier alpha value is -2.02. The standard InChI is InChI=1S/C21H25N3O3S/c1-26-17-5-3-2-4-16(17)22-18(25)12-28-20-24-23-19(27-20)21-9-13-6-14(10-21)8-15(7-13)11-21/h2-5,13-15H,6-12H2,1H3,(H,22,25). The SMILES string of the molecule is COc1ccccc1NC(=O)CSc1nnc(C23CC4CC(CC(C4)C2)C3)o1. The Morgan fingerprint density at radius 1 is 1.18 bits per heavy atom. The van der Waals surface area contributed by atoms with Gasteiger partial charge < -0.3 is 14.5 Å². The third-order valence-electron chi connectivity index (χ3n) is 6.61. The first-order chi connectivity index (χ1) is 13.6. The average Bonchev–Trinajstić information content (AvgIpc) is 3.16. The number of para-hydroxylation sites is 2. The number of rotatable bonds is 6. The molecule has 0 aliphatic heterocycles. The maximum atomic E-state index is 12.3. The molecule has 28 heavy (non-hydrogen) atoms. The minimum atomic E-state index is -0.121. The van der Waals surface area contributed by atoms with Gasteiger partial charge in [0.2, 0.25) is 11.8 Å². The van der Waals surface area contributed by atoms with E-state index in [2.05, 4.69) is 15.5 Å². The first-order valence-electron chi connectivity index (χ1n) is 10.0. The first kappa shape index (κ1) is 18.0. The van der Waals surface area contributed by atoms with Crippen molar-refractivity contribution in [3.63, 3.8) is 0 Å². The molecule has 1 aromatic heterocycles. The number of thioether (sulfide) groups is 1. The molecule has 2 aromatic rings. The lowest BCUT2D eigenvalue weighted by Crippen LogP contribution is -2.48. The number of nitrogens with one attached hydrogen (secondary N) is 1. The summed E-state index contributed by atoms with van der Waals surface area (Å²) in [6.45, 7) is 0. The quantitative estimate of drug-likeness (QED) is 0.731. The molecule has 0 atom stereocenters. The highest BCUT2D eigenvalue weighted by Gasteiger charge is 2.54. The molecule has 1 aromatic carbocycles. The van der Waals surface area contributed by atoms with Crippen molar-refractivity contribution in [3.8, 4) is 5.75 Å².